The monoisotopic (exact) mass is 356 g/mol. The summed E-state index contributed by atoms with van der Waals surface area (Å²) in [5.41, 5.74) is -2.87. The predicted octanol–water partition coefficient (Wildman–Crippen LogP) is 2.56. The highest BCUT2D eigenvalue weighted by molar-refractivity contribution is 6.26. The molecule has 2 aromatic rings. The van der Waals surface area contributed by atoms with Crippen molar-refractivity contribution in [2.45, 2.75) is 45.6 Å². The first kappa shape index (κ1) is 18.1. The number of aromatic hydroxyl groups is 2. The Morgan fingerprint density at radius 3 is 2.15 bits per heavy atom. The maximum Gasteiger partial charge on any atom is 0.205 e. The van der Waals surface area contributed by atoms with Gasteiger partial charge in [0.15, 0.2) is 17.2 Å². The number of carbonyl (C=O) groups excluding carboxylic acids is 3. The fourth-order valence-electron chi connectivity index (χ4n) is 3.91. The molecule has 2 aromatic carbocycles. The number of hydrogen-bond donors (Lipinski definition) is 3. The molecule has 6 heteroatoms. The van der Waals surface area contributed by atoms with Gasteiger partial charge < -0.3 is 15.3 Å². The summed E-state index contributed by atoms with van der Waals surface area (Å²) in [6.07, 6.45) is 0. The first-order valence-electron chi connectivity index (χ1n) is 8.19. The lowest BCUT2D eigenvalue weighted by Gasteiger charge is -2.38. The molecule has 0 unspecified atom stereocenters. The fourth-order valence-corrected chi connectivity index (χ4v) is 3.91. The largest absolute Gasteiger partial charge is 0.506 e. The van der Waals surface area contributed by atoms with Crippen LogP contribution < -0.4 is 0 Å². The van der Waals surface area contributed by atoms with Crippen molar-refractivity contribution in [3.63, 3.8) is 0 Å². The maximum atomic E-state index is 12.7. The van der Waals surface area contributed by atoms with Gasteiger partial charge in [-0.1, -0.05) is 6.07 Å². The van der Waals surface area contributed by atoms with Gasteiger partial charge >= 0.3 is 0 Å². The van der Waals surface area contributed by atoms with E-state index in [0.717, 1.165) is 6.92 Å². The Bertz CT molecular complexity index is 1030. The normalized spacial score (nSPS) is 21.8. The van der Waals surface area contributed by atoms with Crippen molar-refractivity contribution >= 4 is 28.1 Å². The topological polar surface area (TPSA) is 112 Å². The molecule has 3 rings (SSSR count). The highest BCUT2D eigenvalue weighted by Crippen LogP contribution is 2.48. The molecule has 136 valence electrons. The van der Waals surface area contributed by atoms with E-state index in [1.54, 1.807) is 32.9 Å². The molecule has 0 saturated carbocycles. The fraction of sp³-hybridized carbons (Fsp3) is 0.350. The molecule has 1 atom stereocenters. The van der Waals surface area contributed by atoms with Crippen molar-refractivity contribution in [3.05, 3.63) is 34.4 Å². The summed E-state index contributed by atoms with van der Waals surface area (Å²) in [7, 11) is 0. The second-order valence-electron chi connectivity index (χ2n) is 7.57. The maximum absolute atomic E-state index is 12.7. The van der Waals surface area contributed by atoms with E-state index in [4.69, 9.17) is 0 Å². The van der Waals surface area contributed by atoms with Crippen LogP contribution in [-0.4, -0.2) is 38.3 Å². The zero-order chi connectivity index (χ0) is 19.8. The first-order valence-corrected chi connectivity index (χ1v) is 8.19. The molecule has 0 saturated heterocycles. The van der Waals surface area contributed by atoms with Crippen LogP contribution in [0.25, 0.3) is 10.8 Å². The first-order chi connectivity index (χ1) is 11.8. The molecule has 1 aliphatic rings. The van der Waals surface area contributed by atoms with Crippen LogP contribution in [0.1, 0.15) is 59.5 Å². The molecule has 0 radical (unpaired) electrons. The minimum absolute atomic E-state index is 0.0474. The molecule has 0 aromatic heterocycles. The Morgan fingerprint density at radius 1 is 1.04 bits per heavy atom. The number of aryl methyl sites for hydroxylation is 1. The Hall–Kier alpha value is -2.73. The number of aliphatic hydroxyl groups is 1. The number of fused-ring (bicyclic) bond motifs is 2. The Morgan fingerprint density at radius 2 is 1.62 bits per heavy atom. The number of phenolic OH excluding ortho intramolecular Hbond substituents is 2. The van der Waals surface area contributed by atoms with Gasteiger partial charge in [-0.15, -0.1) is 0 Å². The van der Waals surface area contributed by atoms with E-state index in [1.807, 2.05) is 0 Å². The van der Waals surface area contributed by atoms with Crippen molar-refractivity contribution in [1.82, 2.24) is 0 Å². The van der Waals surface area contributed by atoms with Gasteiger partial charge in [-0.3, -0.25) is 14.4 Å². The number of ketones is 3. The van der Waals surface area contributed by atoms with Gasteiger partial charge in [-0.05, 0) is 57.2 Å². The number of benzene rings is 2. The molecular weight excluding hydrogens is 336 g/mol. The summed E-state index contributed by atoms with van der Waals surface area (Å²) in [5, 5.41) is 32.1. The van der Waals surface area contributed by atoms with Gasteiger partial charge in [0.1, 0.15) is 11.5 Å². The third-order valence-electron chi connectivity index (χ3n) is 5.28. The highest BCUT2D eigenvalue weighted by atomic mass is 16.3. The minimum atomic E-state index is -2.29. The van der Waals surface area contributed by atoms with Crippen LogP contribution in [0.3, 0.4) is 0 Å². The summed E-state index contributed by atoms with van der Waals surface area (Å²) in [4.78, 5) is 37.2. The molecule has 0 heterocycles. The molecule has 6 nitrogen and oxygen atoms in total. The molecule has 1 aliphatic carbocycles. The van der Waals surface area contributed by atoms with Crippen molar-refractivity contribution in [2.75, 3.05) is 0 Å². The number of phenols is 2. The van der Waals surface area contributed by atoms with Gasteiger partial charge in [0, 0.05) is 0 Å². The van der Waals surface area contributed by atoms with Crippen LogP contribution in [0.15, 0.2) is 12.1 Å². The summed E-state index contributed by atoms with van der Waals surface area (Å²) < 4.78 is 0. The second kappa shape index (κ2) is 5.14. The number of carbonyl (C=O) groups is 3. The van der Waals surface area contributed by atoms with E-state index >= 15 is 0 Å². The van der Waals surface area contributed by atoms with E-state index in [0.29, 0.717) is 10.9 Å². The lowest BCUT2D eigenvalue weighted by atomic mass is 9.64. The summed E-state index contributed by atoms with van der Waals surface area (Å²) in [6.45, 7) is 7.18. The number of rotatable bonds is 1. The van der Waals surface area contributed by atoms with Gasteiger partial charge in [0.25, 0.3) is 0 Å². The Balaban J connectivity index is 2.55. The average molecular weight is 356 g/mol. The highest BCUT2D eigenvalue weighted by Gasteiger charge is 2.54. The smallest absolute Gasteiger partial charge is 0.205 e. The van der Waals surface area contributed by atoms with Crippen LogP contribution in [0.5, 0.6) is 11.5 Å². The van der Waals surface area contributed by atoms with E-state index in [1.165, 1.54) is 6.92 Å². The lowest BCUT2D eigenvalue weighted by molar-refractivity contribution is -0.137. The van der Waals surface area contributed by atoms with Gasteiger partial charge in [-0.2, -0.15) is 0 Å². The van der Waals surface area contributed by atoms with E-state index in [-0.39, 0.29) is 27.9 Å². The molecule has 0 bridgehead atoms. The van der Waals surface area contributed by atoms with Crippen molar-refractivity contribution < 1.29 is 29.7 Å². The molecular formula is C20H20O6. The molecule has 3 N–H and O–H groups in total. The van der Waals surface area contributed by atoms with Gasteiger partial charge in [0.05, 0.1) is 21.9 Å². The van der Waals surface area contributed by atoms with Crippen LogP contribution in [0, 0.1) is 6.92 Å². The Labute approximate surface area is 150 Å². The molecule has 26 heavy (non-hydrogen) atoms. The van der Waals surface area contributed by atoms with Crippen LogP contribution in [-0.2, 0) is 10.2 Å². The molecule has 0 aliphatic heterocycles. The third kappa shape index (κ3) is 2.05. The molecule has 0 amide bonds. The van der Waals surface area contributed by atoms with E-state index < -0.39 is 34.1 Å². The van der Waals surface area contributed by atoms with Gasteiger partial charge in [0.2, 0.25) is 5.78 Å². The van der Waals surface area contributed by atoms with Crippen molar-refractivity contribution in [1.29, 1.82) is 0 Å². The molecule has 0 spiro atoms. The minimum Gasteiger partial charge on any atom is -0.506 e. The standard InChI is InChI=1S/C20H20O6/c1-8-6-10-7-11-14(16(23)13(10)15(22)12(8)9(2)21)17(24)20(5,26)18(25)19(11,3)4/h6-7,22-23,26H,1-5H3/t20-/m1/s1. The van der Waals surface area contributed by atoms with E-state index in [9.17, 15) is 29.7 Å². The SMILES string of the molecule is CC(=O)c1c(C)cc2cc3c(c(O)c2c1O)C(=O)[C@@](C)(O)C(=O)C3(C)C. The van der Waals surface area contributed by atoms with Crippen LogP contribution in [0.4, 0.5) is 0 Å². The third-order valence-corrected chi connectivity index (χ3v) is 5.28. The van der Waals surface area contributed by atoms with E-state index in [2.05, 4.69) is 0 Å². The zero-order valence-electron chi connectivity index (χ0n) is 15.2. The van der Waals surface area contributed by atoms with Gasteiger partial charge in [-0.25, -0.2) is 0 Å². The number of hydrogen-bond acceptors (Lipinski definition) is 6. The Kier molecular flexibility index (Phi) is 3.57. The summed E-state index contributed by atoms with van der Waals surface area (Å²) in [6, 6.07) is 3.16. The predicted molar refractivity (Wildman–Crippen MR) is 95.0 cm³/mol. The van der Waals surface area contributed by atoms with Crippen LogP contribution >= 0.6 is 0 Å². The quantitative estimate of drug-likeness (QED) is 0.535. The van der Waals surface area contributed by atoms with Crippen LogP contribution in [0.2, 0.25) is 0 Å². The zero-order valence-corrected chi connectivity index (χ0v) is 15.2. The second-order valence-corrected chi connectivity index (χ2v) is 7.57. The van der Waals surface area contributed by atoms with Crippen molar-refractivity contribution in [2.24, 2.45) is 0 Å². The summed E-state index contributed by atoms with van der Waals surface area (Å²) in [5.74, 6) is -2.94. The average Bonchev–Trinajstić information content (AvgIpc) is 2.51. The molecule has 0 fully saturated rings. The van der Waals surface area contributed by atoms with Crippen molar-refractivity contribution in [3.8, 4) is 11.5 Å². The number of Topliss-reactive ketones (excluding diaryl/α,β-unsaturated/α-hetero) is 3. The lowest BCUT2D eigenvalue weighted by Crippen LogP contribution is -2.56. The summed E-state index contributed by atoms with van der Waals surface area (Å²) >= 11 is 0.